The van der Waals surface area contributed by atoms with E-state index in [9.17, 15) is 4.39 Å². The van der Waals surface area contributed by atoms with Gasteiger partial charge in [0.05, 0.1) is 6.10 Å². The maximum atomic E-state index is 13.2. The summed E-state index contributed by atoms with van der Waals surface area (Å²) in [6, 6.07) is 5.04. The molecule has 0 bridgehead atoms. The van der Waals surface area contributed by atoms with Crippen molar-refractivity contribution in [2.24, 2.45) is 5.73 Å². The fraction of sp³-hybridized carbons (Fsp3) is 0.571. The first-order chi connectivity index (χ1) is 8.74. The van der Waals surface area contributed by atoms with Gasteiger partial charge in [-0.2, -0.15) is 0 Å². The smallest absolute Gasteiger partial charge is 0.125 e. The second-order valence-electron chi connectivity index (χ2n) is 4.61. The van der Waals surface area contributed by atoms with E-state index in [2.05, 4.69) is 4.90 Å². The molecule has 100 valence electrons. The molecule has 1 heterocycles. The Bertz CT molecular complexity index is 397. The van der Waals surface area contributed by atoms with Gasteiger partial charge in [-0.1, -0.05) is 6.07 Å². The van der Waals surface area contributed by atoms with Gasteiger partial charge < -0.3 is 15.4 Å². The molecule has 1 aromatic rings. The third-order valence-corrected chi connectivity index (χ3v) is 3.43. The van der Waals surface area contributed by atoms with Gasteiger partial charge in [-0.25, -0.2) is 4.39 Å². The number of halogens is 1. The standard InChI is InChI=1S/C14H21FN2O/c1-2-18-13(10-16)6-8-17-7-5-11-3-4-12(15)9-14(11)17/h3-4,9,13H,2,5-8,10,16H2,1H3. The van der Waals surface area contributed by atoms with Crippen LogP contribution in [0.5, 0.6) is 0 Å². The number of anilines is 1. The van der Waals surface area contributed by atoms with Gasteiger partial charge in [-0.3, -0.25) is 0 Å². The number of hydrogen-bond acceptors (Lipinski definition) is 3. The molecule has 1 aliphatic heterocycles. The van der Waals surface area contributed by atoms with E-state index >= 15 is 0 Å². The molecule has 0 fully saturated rings. The molecule has 2 N–H and O–H groups in total. The largest absolute Gasteiger partial charge is 0.377 e. The lowest BCUT2D eigenvalue weighted by Crippen LogP contribution is -2.30. The summed E-state index contributed by atoms with van der Waals surface area (Å²) >= 11 is 0. The van der Waals surface area contributed by atoms with Crippen molar-refractivity contribution in [1.29, 1.82) is 0 Å². The van der Waals surface area contributed by atoms with Crippen molar-refractivity contribution in [3.63, 3.8) is 0 Å². The van der Waals surface area contributed by atoms with Crippen LogP contribution in [0.4, 0.5) is 10.1 Å². The highest BCUT2D eigenvalue weighted by Gasteiger charge is 2.20. The normalized spacial score (nSPS) is 15.8. The average molecular weight is 252 g/mol. The van der Waals surface area contributed by atoms with Crippen molar-refractivity contribution in [3.8, 4) is 0 Å². The highest BCUT2D eigenvalue weighted by molar-refractivity contribution is 5.58. The molecule has 1 aliphatic rings. The van der Waals surface area contributed by atoms with Gasteiger partial charge in [0.15, 0.2) is 0 Å². The van der Waals surface area contributed by atoms with Gasteiger partial charge in [0.25, 0.3) is 0 Å². The minimum absolute atomic E-state index is 0.104. The molecule has 3 nitrogen and oxygen atoms in total. The van der Waals surface area contributed by atoms with Crippen LogP contribution < -0.4 is 10.6 Å². The van der Waals surface area contributed by atoms with E-state index in [0.717, 1.165) is 31.6 Å². The lowest BCUT2D eigenvalue weighted by molar-refractivity contribution is 0.0645. The minimum Gasteiger partial charge on any atom is -0.377 e. The van der Waals surface area contributed by atoms with Crippen LogP contribution in [0.3, 0.4) is 0 Å². The topological polar surface area (TPSA) is 38.5 Å². The second-order valence-corrected chi connectivity index (χ2v) is 4.61. The van der Waals surface area contributed by atoms with Gasteiger partial charge in [0, 0.05) is 31.9 Å². The number of nitrogens with two attached hydrogens (primary N) is 1. The number of nitrogens with zero attached hydrogens (tertiary/aromatic N) is 1. The molecule has 0 amide bonds. The monoisotopic (exact) mass is 252 g/mol. The zero-order valence-electron chi connectivity index (χ0n) is 10.9. The van der Waals surface area contributed by atoms with Crippen LogP contribution in [-0.4, -0.2) is 32.3 Å². The molecule has 0 spiro atoms. The first-order valence-corrected chi connectivity index (χ1v) is 6.59. The van der Waals surface area contributed by atoms with Crippen LogP contribution in [0, 0.1) is 5.82 Å². The minimum atomic E-state index is -0.166. The van der Waals surface area contributed by atoms with Crippen molar-refractivity contribution in [1.82, 2.24) is 0 Å². The molecule has 0 aliphatic carbocycles. The van der Waals surface area contributed by atoms with E-state index < -0.39 is 0 Å². The Balaban J connectivity index is 1.95. The van der Waals surface area contributed by atoms with Crippen molar-refractivity contribution < 1.29 is 9.13 Å². The van der Waals surface area contributed by atoms with Crippen molar-refractivity contribution in [2.75, 3.05) is 31.1 Å². The third kappa shape index (κ3) is 3.00. The molecular weight excluding hydrogens is 231 g/mol. The molecule has 0 saturated carbocycles. The average Bonchev–Trinajstić information content (AvgIpc) is 2.77. The molecule has 0 aromatic heterocycles. The highest BCUT2D eigenvalue weighted by atomic mass is 19.1. The first-order valence-electron chi connectivity index (χ1n) is 6.59. The molecule has 1 unspecified atom stereocenters. The number of hydrogen-bond donors (Lipinski definition) is 1. The van der Waals surface area contributed by atoms with E-state index in [1.54, 1.807) is 6.07 Å². The van der Waals surface area contributed by atoms with Gasteiger partial charge >= 0.3 is 0 Å². The maximum Gasteiger partial charge on any atom is 0.125 e. The van der Waals surface area contributed by atoms with E-state index in [1.807, 2.05) is 13.0 Å². The first kappa shape index (κ1) is 13.3. The number of ether oxygens (including phenoxy) is 1. The summed E-state index contributed by atoms with van der Waals surface area (Å²) in [5, 5.41) is 0. The lowest BCUT2D eigenvalue weighted by Gasteiger charge is -2.22. The van der Waals surface area contributed by atoms with Crippen LogP contribution in [-0.2, 0) is 11.2 Å². The van der Waals surface area contributed by atoms with Crippen LogP contribution >= 0.6 is 0 Å². The van der Waals surface area contributed by atoms with Crippen LogP contribution in [0.2, 0.25) is 0 Å². The molecular formula is C14H21FN2O. The highest BCUT2D eigenvalue weighted by Crippen LogP contribution is 2.28. The Kier molecular flexibility index (Phi) is 4.55. The molecule has 1 atom stereocenters. The molecule has 0 saturated heterocycles. The Labute approximate surface area is 108 Å². The summed E-state index contributed by atoms with van der Waals surface area (Å²) in [4.78, 5) is 2.22. The summed E-state index contributed by atoms with van der Waals surface area (Å²) < 4.78 is 18.8. The Morgan fingerprint density at radius 3 is 3.06 bits per heavy atom. The number of benzene rings is 1. The van der Waals surface area contributed by atoms with Crippen LogP contribution in [0.25, 0.3) is 0 Å². The van der Waals surface area contributed by atoms with Crippen molar-refractivity contribution >= 4 is 5.69 Å². The predicted molar refractivity (Wildman–Crippen MR) is 71.4 cm³/mol. The van der Waals surface area contributed by atoms with Crippen molar-refractivity contribution in [3.05, 3.63) is 29.6 Å². The maximum absolute atomic E-state index is 13.2. The Morgan fingerprint density at radius 2 is 2.33 bits per heavy atom. The van der Waals surface area contributed by atoms with Crippen molar-refractivity contribution in [2.45, 2.75) is 25.9 Å². The summed E-state index contributed by atoms with van der Waals surface area (Å²) in [5.41, 5.74) is 7.92. The lowest BCUT2D eigenvalue weighted by atomic mass is 10.1. The van der Waals surface area contributed by atoms with Crippen LogP contribution in [0.1, 0.15) is 18.9 Å². The summed E-state index contributed by atoms with van der Waals surface area (Å²) in [6.45, 7) is 5.04. The van der Waals surface area contributed by atoms with E-state index in [4.69, 9.17) is 10.5 Å². The molecule has 0 radical (unpaired) electrons. The molecule has 2 rings (SSSR count). The van der Waals surface area contributed by atoms with E-state index in [1.165, 1.54) is 11.6 Å². The zero-order valence-corrected chi connectivity index (χ0v) is 10.9. The Hall–Kier alpha value is -1.13. The fourth-order valence-corrected chi connectivity index (χ4v) is 2.46. The zero-order chi connectivity index (χ0) is 13.0. The number of rotatable bonds is 6. The quantitative estimate of drug-likeness (QED) is 0.841. The van der Waals surface area contributed by atoms with Crippen LogP contribution in [0.15, 0.2) is 18.2 Å². The molecule has 4 heteroatoms. The summed E-state index contributed by atoms with van der Waals surface area (Å²) in [6.07, 6.45) is 1.99. The fourth-order valence-electron chi connectivity index (χ4n) is 2.46. The van der Waals surface area contributed by atoms with Gasteiger partial charge in [0.1, 0.15) is 5.82 Å². The summed E-state index contributed by atoms with van der Waals surface area (Å²) in [5.74, 6) is -0.166. The SMILES string of the molecule is CCOC(CN)CCN1CCc2ccc(F)cc21. The predicted octanol–water partition coefficient (Wildman–Crippen LogP) is 1.94. The van der Waals surface area contributed by atoms with E-state index in [0.29, 0.717) is 13.2 Å². The third-order valence-electron chi connectivity index (χ3n) is 3.43. The van der Waals surface area contributed by atoms with Gasteiger partial charge in [-0.15, -0.1) is 0 Å². The second kappa shape index (κ2) is 6.16. The Morgan fingerprint density at radius 1 is 1.50 bits per heavy atom. The van der Waals surface area contributed by atoms with E-state index in [-0.39, 0.29) is 11.9 Å². The summed E-state index contributed by atoms with van der Waals surface area (Å²) in [7, 11) is 0. The molecule has 18 heavy (non-hydrogen) atoms. The number of fused-ring (bicyclic) bond motifs is 1. The molecule has 1 aromatic carbocycles. The van der Waals surface area contributed by atoms with Gasteiger partial charge in [-0.05, 0) is 37.5 Å². The van der Waals surface area contributed by atoms with Gasteiger partial charge in [0.2, 0.25) is 0 Å².